The van der Waals surface area contributed by atoms with E-state index in [4.69, 9.17) is 20.7 Å². The van der Waals surface area contributed by atoms with Crippen molar-refractivity contribution in [3.8, 4) is 0 Å². The second-order valence-corrected chi connectivity index (χ2v) is 8.04. The number of benzene rings is 2. The first kappa shape index (κ1) is 24.7. The van der Waals surface area contributed by atoms with E-state index < -0.39 is 35.5 Å². The number of carbonyl (C=O) groups excluding carboxylic acids is 1. The quantitative estimate of drug-likeness (QED) is 0.567. The first-order chi connectivity index (χ1) is 13.4. The molecular formula is C21H25BrFNO5. The van der Waals surface area contributed by atoms with Crippen LogP contribution in [0.15, 0.2) is 53.0 Å². The highest BCUT2D eigenvalue weighted by atomic mass is 79.9. The van der Waals surface area contributed by atoms with Crippen LogP contribution >= 0.6 is 15.9 Å². The molecule has 0 aliphatic rings. The molecule has 2 rings (SSSR count). The van der Waals surface area contributed by atoms with Crippen molar-refractivity contribution in [2.75, 3.05) is 0 Å². The second-order valence-electron chi connectivity index (χ2n) is 7.18. The van der Waals surface area contributed by atoms with Gasteiger partial charge in [0, 0.05) is 16.1 Å². The average molecular weight is 470 g/mol. The molecule has 2 aromatic rings. The van der Waals surface area contributed by atoms with E-state index in [1.54, 1.807) is 63.2 Å². The summed E-state index contributed by atoms with van der Waals surface area (Å²) in [6, 6.07) is 12.1. The summed E-state index contributed by atoms with van der Waals surface area (Å²) in [5, 5.41) is 17.4. The Bertz CT molecular complexity index is 803. The summed E-state index contributed by atoms with van der Waals surface area (Å²) in [6.07, 6.45) is -1.47. The molecule has 0 saturated heterocycles. The molecule has 0 heterocycles. The lowest BCUT2D eigenvalue weighted by atomic mass is 10.0. The van der Waals surface area contributed by atoms with Crippen molar-refractivity contribution in [3.05, 3.63) is 69.9 Å². The SMILES string of the molecule is CC(C)(C)OC(=O)C[C@@H](N)c1c(F)cccc1Br.O=C(O)[C@@H](O)c1ccccc1. The van der Waals surface area contributed by atoms with Gasteiger partial charge in [-0.1, -0.05) is 52.3 Å². The van der Waals surface area contributed by atoms with Crippen LogP contribution in [0.4, 0.5) is 4.39 Å². The normalized spacial score (nSPS) is 12.9. The van der Waals surface area contributed by atoms with Crippen molar-refractivity contribution < 1.29 is 28.9 Å². The minimum absolute atomic E-state index is 0.0587. The smallest absolute Gasteiger partial charge is 0.337 e. The lowest BCUT2D eigenvalue weighted by Crippen LogP contribution is -2.27. The van der Waals surface area contributed by atoms with E-state index in [-0.39, 0.29) is 6.42 Å². The van der Waals surface area contributed by atoms with E-state index in [9.17, 15) is 14.0 Å². The molecule has 0 aromatic heterocycles. The predicted molar refractivity (Wildman–Crippen MR) is 111 cm³/mol. The largest absolute Gasteiger partial charge is 0.479 e. The van der Waals surface area contributed by atoms with Crippen LogP contribution in [0.25, 0.3) is 0 Å². The molecular weight excluding hydrogens is 445 g/mol. The van der Waals surface area contributed by atoms with Crippen molar-refractivity contribution in [1.29, 1.82) is 0 Å². The van der Waals surface area contributed by atoms with E-state index in [2.05, 4.69) is 15.9 Å². The van der Waals surface area contributed by atoms with Gasteiger partial charge in [-0.05, 0) is 38.5 Å². The van der Waals surface area contributed by atoms with Gasteiger partial charge in [0.05, 0.1) is 6.42 Å². The van der Waals surface area contributed by atoms with Crippen molar-refractivity contribution in [1.82, 2.24) is 0 Å². The monoisotopic (exact) mass is 469 g/mol. The third-order valence-corrected chi connectivity index (χ3v) is 4.22. The number of aliphatic hydroxyl groups is 1. The van der Waals surface area contributed by atoms with Gasteiger partial charge < -0.3 is 20.7 Å². The van der Waals surface area contributed by atoms with Crippen LogP contribution in [0.2, 0.25) is 0 Å². The molecule has 0 spiro atoms. The summed E-state index contributed by atoms with van der Waals surface area (Å²) in [4.78, 5) is 21.9. The third-order valence-electron chi connectivity index (χ3n) is 3.53. The van der Waals surface area contributed by atoms with E-state index >= 15 is 0 Å². The van der Waals surface area contributed by atoms with Crippen LogP contribution in [-0.4, -0.2) is 27.8 Å². The van der Waals surface area contributed by atoms with Crippen LogP contribution in [0.3, 0.4) is 0 Å². The minimum atomic E-state index is -1.41. The van der Waals surface area contributed by atoms with Gasteiger partial charge in [0.2, 0.25) is 0 Å². The Morgan fingerprint density at radius 3 is 2.21 bits per heavy atom. The number of carbonyl (C=O) groups is 2. The molecule has 0 aliphatic heterocycles. The van der Waals surface area contributed by atoms with E-state index in [0.717, 1.165) is 0 Å². The summed E-state index contributed by atoms with van der Waals surface area (Å²) < 4.78 is 19.3. The van der Waals surface area contributed by atoms with Gasteiger partial charge in [-0.2, -0.15) is 0 Å². The molecule has 0 fully saturated rings. The standard InChI is InChI=1S/C13H17BrFNO2.C8H8O3/c1-13(2,3)18-11(17)7-10(16)12-8(14)5-4-6-9(12)15;9-7(8(10)11)6-4-2-1-3-5-6/h4-6,10H,7,16H2,1-3H3;1-5,7,9H,(H,10,11)/t10-;7-/m10/s1. The third kappa shape index (κ3) is 8.72. The Balaban J connectivity index is 0.000000326. The molecule has 0 bridgehead atoms. The predicted octanol–water partition coefficient (Wildman–Crippen LogP) is 4.12. The van der Waals surface area contributed by atoms with Gasteiger partial charge in [0.25, 0.3) is 0 Å². The Hall–Kier alpha value is -2.29. The zero-order valence-corrected chi connectivity index (χ0v) is 18.0. The summed E-state index contributed by atoms with van der Waals surface area (Å²) in [7, 11) is 0. The Morgan fingerprint density at radius 1 is 1.14 bits per heavy atom. The van der Waals surface area contributed by atoms with Gasteiger partial charge in [0.1, 0.15) is 11.4 Å². The zero-order chi connectivity index (χ0) is 22.2. The highest BCUT2D eigenvalue weighted by molar-refractivity contribution is 9.10. The molecule has 0 aliphatic carbocycles. The second kappa shape index (κ2) is 11.0. The molecule has 158 valence electrons. The van der Waals surface area contributed by atoms with Gasteiger partial charge in [-0.25, -0.2) is 9.18 Å². The molecule has 4 N–H and O–H groups in total. The van der Waals surface area contributed by atoms with Gasteiger partial charge in [0.15, 0.2) is 6.10 Å². The fourth-order valence-electron chi connectivity index (χ4n) is 2.31. The molecule has 29 heavy (non-hydrogen) atoms. The fourth-order valence-corrected chi connectivity index (χ4v) is 2.94. The van der Waals surface area contributed by atoms with Crippen LogP contribution in [0.5, 0.6) is 0 Å². The topological polar surface area (TPSA) is 110 Å². The highest BCUT2D eigenvalue weighted by Crippen LogP contribution is 2.27. The maximum absolute atomic E-state index is 13.6. The first-order valence-corrected chi connectivity index (χ1v) is 9.59. The summed E-state index contributed by atoms with van der Waals surface area (Å²) in [5.74, 6) is -2.10. The number of nitrogens with two attached hydrogens (primary N) is 1. The van der Waals surface area contributed by atoms with Crippen molar-refractivity contribution in [3.63, 3.8) is 0 Å². The number of rotatable bonds is 5. The minimum Gasteiger partial charge on any atom is -0.479 e. The van der Waals surface area contributed by atoms with Gasteiger partial charge in [-0.15, -0.1) is 0 Å². The Kier molecular flexibility index (Phi) is 9.42. The molecule has 0 unspecified atom stereocenters. The first-order valence-electron chi connectivity index (χ1n) is 8.79. The van der Waals surface area contributed by atoms with Crippen molar-refractivity contribution in [2.24, 2.45) is 5.73 Å². The van der Waals surface area contributed by atoms with Crippen LogP contribution in [0, 0.1) is 5.82 Å². The number of hydrogen-bond donors (Lipinski definition) is 3. The molecule has 2 aromatic carbocycles. The highest BCUT2D eigenvalue weighted by Gasteiger charge is 2.22. The molecule has 0 radical (unpaired) electrons. The summed E-state index contributed by atoms with van der Waals surface area (Å²) in [6.45, 7) is 5.32. The number of halogens is 2. The maximum atomic E-state index is 13.6. The van der Waals surface area contributed by atoms with Gasteiger partial charge in [-0.3, -0.25) is 4.79 Å². The molecule has 8 heteroatoms. The number of aliphatic carboxylic acids is 1. The van der Waals surface area contributed by atoms with E-state index in [1.807, 2.05) is 0 Å². The summed E-state index contributed by atoms with van der Waals surface area (Å²) >= 11 is 3.23. The van der Waals surface area contributed by atoms with E-state index in [1.165, 1.54) is 6.07 Å². The number of carboxylic acid groups (broad SMARTS) is 1. The molecule has 0 saturated carbocycles. The number of hydrogen-bond acceptors (Lipinski definition) is 5. The molecule has 0 amide bonds. The van der Waals surface area contributed by atoms with Crippen molar-refractivity contribution >= 4 is 27.9 Å². The zero-order valence-electron chi connectivity index (χ0n) is 16.4. The lowest BCUT2D eigenvalue weighted by Gasteiger charge is -2.21. The Labute approximate surface area is 177 Å². The average Bonchev–Trinajstić information content (AvgIpc) is 2.60. The van der Waals surface area contributed by atoms with Crippen molar-refractivity contribution in [2.45, 2.75) is 44.9 Å². The number of esters is 1. The lowest BCUT2D eigenvalue weighted by molar-refractivity contribution is -0.155. The number of carboxylic acids is 1. The summed E-state index contributed by atoms with van der Waals surface area (Å²) in [5.41, 5.74) is 5.98. The maximum Gasteiger partial charge on any atom is 0.337 e. The fraction of sp³-hybridized carbons (Fsp3) is 0.333. The van der Waals surface area contributed by atoms with E-state index in [0.29, 0.717) is 15.6 Å². The van der Waals surface area contributed by atoms with Gasteiger partial charge >= 0.3 is 11.9 Å². The van der Waals surface area contributed by atoms with Crippen LogP contribution in [0.1, 0.15) is 50.5 Å². The van der Waals surface area contributed by atoms with Crippen LogP contribution in [-0.2, 0) is 14.3 Å². The number of aliphatic hydroxyl groups excluding tert-OH is 1. The molecule has 2 atom stereocenters. The molecule has 6 nitrogen and oxygen atoms in total. The Morgan fingerprint density at radius 2 is 1.72 bits per heavy atom. The number of ether oxygens (including phenoxy) is 1. The van der Waals surface area contributed by atoms with Crippen LogP contribution < -0.4 is 5.73 Å².